The summed E-state index contributed by atoms with van der Waals surface area (Å²) in [5.74, 6) is -0.138. The second-order valence-electron chi connectivity index (χ2n) is 4.27. The highest BCUT2D eigenvalue weighted by Gasteiger charge is 2.34. The molecule has 0 bridgehead atoms. The van der Waals surface area contributed by atoms with Crippen LogP contribution in [-0.2, 0) is 14.9 Å². The fraction of sp³-hybridized carbons (Fsp3) is 0.500. The number of esters is 1. The summed E-state index contributed by atoms with van der Waals surface area (Å²) in [6.07, 6.45) is 0.745. The summed E-state index contributed by atoms with van der Waals surface area (Å²) in [6, 6.07) is 8.08. The van der Waals surface area contributed by atoms with Gasteiger partial charge < -0.3 is 4.74 Å². The molecule has 0 saturated carbocycles. The Hall–Kier alpha value is -1.31. The van der Waals surface area contributed by atoms with Crippen LogP contribution in [0.5, 0.6) is 0 Å². The van der Waals surface area contributed by atoms with Crippen LogP contribution in [-0.4, -0.2) is 12.6 Å². The molecule has 0 radical (unpaired) electrons. The van der Waals surface area contributed by atoms with Crippen LogP contribution in [0.3, 0.4) is 0 Å². The Morgan fingerprint density at radius 1 is 1.25 bits per heavy atom. The minimum Gasteiger partial charge on any atom is -0.465 e. The molecule has 1 atom stereocenters. The number of ether oxygens (including phenoxy) is 1. The van der Waals surface area contributed by atoms with Crippen molar-refractivity contribution in [1.29, 1.82) is 0 Å². The molecule has 1 rings (SSSR count). The van der Waals surface area contributed by atoms with Gasteiger partial charge in [-0.25, -0.2) is 0 Å². The summed E-state index contributed by atoms with van der Waals surface area (Å²) in [5.41, 5.74) is 1.70. The first-order valence-corrected chi connectivity index (χ1v) is 5.79. The first-order chi connectivity index (χ1) is 7.54. The average Bonchev–Trinajstić information content (AvgIpc) is 2.29. The maximum absolute atomic E-state index is 12.0. The molecule has 2 heteroatoms. The normalized spacial score (nSPS) is 14.2. The van der Waals surface area contributed by atoms with Crippen molar-refractivity contribution in [3.8, 4) is 0 Å². The Kier molecular flexibility index (Phi) is 4.11. The minimum absolute atomic E-state index is 0.138. The zero-order chi connectivity index (χ0) is 12.2. The van der Waals surface area contributed by atoms with Crippen LogP contribution in [0.2, 0.25) is 0 Å². The van der Waals surface area contributed by atoms with E-state index in [1.165, 1.54) is 5.56 Å². The smallest absolute Gasteiger partial charge is 0.316 e. The molecule has 0 aliphatic carbocycles. The lowest BCUT2D eigenvalue weighted by Gasteiger charge is -2.26. The van der Waals surface area contributed by atoms with Gasteiger partial charge in [0.1, 0.15) is 0 Å². The summed E-state index contributed by atoms with van der Waals surface area (Å²) < 4.78 is 5.14. The molecule has 0 fully saturated rings. The van der Waals surface area contributed by atoms with E-state index in [4.69, 9.17) is 4.74 Å². The first-order valence-electron chi connectivity index (χ1n) is 5.79. The van der Waals surface area contributed by atoms with Gasteiger partial charge in [-0.3, -0.25) is 4.79 Å². The van der Waals surface area contributed by atoms with E-state index in [2.05, 4.69) is 0 Å². The van der Waals surface area contributed by atoms with Crippen molar-refractivity contribution >= 4 is 5.97 Å². The van der Waals surface area contributed by atoms with Crippen LogP contribution in [0.25, 0.3) is 0 Å². The van der Waals surface area contributed by atoms with Crippen LogP contribution in [0, 0.1) is 6.92 Å². The number of hydrogen-bond acceptors (Lipinski definition) is 2. The fourth-order valence-electron chi connectivity index (χ4n) is 1.68. The monoisotopic (exact) mass is 220 g/mol. The highest BCUT2D eigenvalue weighted by molar-refractivity contribution is 5.82. The van der Waals surface area contributed by atoms with Crippen LogP contribution in [0.1, 0.15) is 38.3 Å². The van der Waals surface area contributed by atoms with Gasteiger partial charge in [0, 0.05) is 0 Å². The van der Waals surface area contributed by atoms with Crippen molar-refractivity contribution in [2.45, 2.75) is 39.5 Å². The molecule has 2 nitrogen and oxygen atoms in total. The predicted molar refractivity (Wildman–Crippen MR) is 65.5 cm³/mol. The Morgan fingerprint density at radius 3 is 2.25 bits per heavy atom. The summed E-state index contributed by atoms with van der Waals surface area (Å²) in [5, 5.41) is 0. The standard InChI is InChI=1S/C14H20O2/c1-5-14(4,13(15)16-6-2)12-9-7-11(3)8-10-12/h7-10H,5-6H2,1-4H3. The molecule has 0 aliphatic rings. The lowest BCUT2D eigenvalue weighted by molar-refractivity contribution is -0.149. The number of hydrogen-bond donors (Lipinski definition) is 0. The minimum atomic E-state index is -0.524. The van der Waals surface area contributed by atoms with Crippen molar-refractivity contribution in [1.82, 2.24) is 0 Å². The van der Waals surface area contributed by atoms with Gasteiger partial charge in [0.25, 0.3) is 0 Å². The molecule has 0 saturated heterocycles. The molecule has 1 unspecified atom stereocenters. The fourth-order valence-corrected chi connectivity index (χ4v) is 1.68. The lowest BCUT2D eigenvalue weighted by Crippen LogP contribution is -2.33. The van der Waals surface area contributed by atoms with E-state index in [9.17, 15) is 4.79 Å². The summed E-state index contributed by atoms with van der Waals surface area (Å²) in [6.45, 7) is 8.26. The molecule has 0 N–H and O–H groups in total. The summed E-state index contributed by atoms with van der Waals surface area (Å²) >= 11 is 0. The van der Waals surface area contributed by atoms with Gasteiger partial charge in [0.15, 0.2) is 0 Å². The molecule has 1 aromatic carbocycles. The lowest BCUT2D eigenvalue weighted by atomic mass is 9.80. The Labute approximate surface area is 97.6 Å². The second kappa shape index (κ2) is 5.15. The van der Waals surface area contributed by atoms with E-state index >= 15 is 0 Å². The molecular weight excluding hydrogens is 200 g/mol. The molecule has 1 aromatic rings. The third kappa shape index (κ3) is 2.43. The number of carbonyl (C=O) groups is 1. The van der Waals surface area contributed by atoms with E-state index in [-0.39, 0.29) is 5.97 Å². The van der Waals surface area contributed by atoms with Crippen molar-refractivity contribution in [3.63, 3.8) is 0 Å². The maximum Gasteiger partial charge on any atom is 0.316 e. The van der Waals surface area contributed by atoms with E-state index in [1.807, 2.05) is 52.0 Å². The highest BCUT2D eigenvalue weighted by atomic mass is 16.5. The van der Waals surface area contributed by atoms with E-state index < -0.39 is 5.41 Å². The molecular formula is C14H20O2. The van der Waals surface area contributed by atoms with Gasteiger partial charge in [-0.2, -0.15) is 0 Å². The molecule has 0 amide bonds. The number of benzene rings is 1. The first kappa shape index (κ1) is 12.8. The third-order valence-electron chi connectivity index (χ3n) is 3.12. The molecule has 0 spiro atoms. The van der Waals surface area contributed by atoms with Gasteiger partial charge in [-0.05, 0) is 32.8 Å². The predicted octanol–water partition coefficient (Wildman–Crippen LogP) is 3.23. The maximum atomic E-state index is 12.0. The third-order valence-corrected chi connectivity index (χ3v) is 3.12. The average molecular weight is 220 g/mol. The quantitative estimate of drug-likeness (QED) is 0.728. The topological polar surface area (TPSA) is 26.3 Å². The highest BCUT2D eigenvalue weighted by Crippen LogP contribution is 2.29. The Balaban J connectivity index is 3.04. The van der Waals surface area contributed by atoms with Crippen LogP contribution in [0.15, 0.2) is 24.3 Å². The van der Waals surface area contributed by atoms with Gasteiger partial charge in [-0.1, -0.05) is 36.8 Å². The molecule has 0 aromatic heterocycles. The van der Waals surface area contributed by atoms with E-state index in [0.29, 0.717) is 6.61 Å². The Bertz CT molecular complexity index is 354. The zero-order valence-corrected chi connectivity index (χ0v) is 10.5. The molecule has 0 aliphatic heterocycles. The second-order valence-corrected chi connectivity index (χ2v) is 4.27. The number of rotatable bonds is 4. The van der Waals surface area contributed by atoms with Crippen molar-refractivity contribution < 1.29 is 9.53 Å². The largest absolute Gasteiger partial charge is 0.465 e. The molecule has 16 heavy (non-hydrogen) atoms. The van der Waals surface area contributed by atoms with E-state index in [0.717, 1.165) is 12.0 Å². The summed E-state index contributed by atoms with van der Waals surface area (Å²) in [7, 11) is 0. The van der Waals surface area contributed by atoms with Crippen molar-refractivity contribution in [2.24, 2.45) is 0 Å². The summed E-state index contributed by atoms with van der Waals surface area (Å²) in [4.78, 5) is 12.0. The van der Waals surface area contributed by atoms with Gasteiger partial charge in [0.2, 0.25) is 0 Å². The zero-order valence-electron chi connectivity index (χ0n) is 10.5. The van der Waals surface area contributed by atoms with Gasteiger partial charge in [0.05, 0.1) is 12.0 Å². The molecule has 0 heterocycles. The molecule has 88 valence electrons. The van der Waals surface area contributed by atoms with Gasteiger partial charge in [-0.15, -0.1) is 0 Å². The van der Waals surface area contributed by atoms with Crippen LogP contribution >= 0.6 is 0 Å². The van der Waals surface area contributed by atoms with Crippen LogP contribution < -0.4 is 0 Å². The van der Waals surface area contributed by atoms with Gasteiger partial charge >= 0.3 is 5.97 Å². The Morgan fingerprint density at radius 2 is 1.81 bits per heavy atom. The SMILES string of the molecule is CCOC(=O)C(C)(CC)c1ccc(C)cc1. The number of aryl methyl sites for hydroxylation is 1. The van der Waals surface area contributed by atoms with Crippen LogP contribution in [0.4, 0.5) is 0 Å². The van der Waals surface area contributed by atoms with Crippen molar-refractivity contribution in [2.75, 3.05) is 6.61 Å². The van der Waals surface area contributed by atoms with Crippen molar-refractivity contribution in [3.05, 3.63) is 35.4 Å². The van der Waals surface area contributed by atoms with E-state index in [1.54, 1.807) is 0 Å². The number of carbonyl (C=O) groups excluding carboxylic acids is 1.